The molecule has 0 spiro atoms. The molecule has 0 aromatic carbocycles. The highest BCUT2D eigenvalue weighted by Gasteiger charge is 2.25. The van der Waals surface area contributed by atoms with Crippen LogP contribution in [-0.2, 0) is 10.0 Å². The third-order valence-electron chi connectivity index (χ3n) is 2.05. The fourth-order valence-corrected chi connectivity index (χ4v) is 2.45. The SMILES string of the molecule is CC(C)C(NS(=O)(=O)c1cnc[nH]1)C(=N)N. The fraction of sp³-hybridized carbons (Fsp3) is 0.500. The zero-order chi connectivity index (χ0) is 12.3. The molecule has 1 heterocycles. The van der Waals surface area contributed by atoms with Gasteiger partial charge in [-0.2, -0.15) is 4.72 Å². The van der Waals surface area contributed by atoms with Gasteiger partial charge in [0.05, 0.1) is 18.6 Å². The van der Waals surface area contributed by atoms with Crippen LogP contribution in [0.5, 0.6) is 0 Å². The lowest BCUT2D eigenvalue weighted by molar-refractivity contribution is 0.520. The summed E-state index contributed by atoms with van der Waals surface area (Å²) < 4.78 is 25.9. The lowest BCUT2D eigenvalue weighted by Crippen LogP contribution is -2.47. The maximum Gasteiger partial charge on any atom is 0.258 e. The number of nitrogens with zero attached hydrogens (tertiary/aromatic N) is 1. The Morgan fingerprint density at radius 3 is 2.62 bits per heavy atom. The molecule has 0 saturated heterocycles. The van der Waals surface area contributed by atoms with Crippen molar-refractivity contribution in [2.24, 2.45) is 11.7 Å². The van der Waals surface area contributed by atoms with Gasteiger partial charge in [0, 0.05) is 0 Å². The van der Waals surface area contributed by atoms with Crippen LogP contribution in [0, 0.1) is 11.3 Å². The minimum absolute atomic E-state index is 0.0422. The number of aromatic nitrogens is 2. The van der Waals surface area contributed by atoms with E-state index >= 15 is 0 Å². The highest BCUT2D eigenvalue weighted by Crippen LogP contribution is 2.08. The Kier molecular flexibility index (Phi) is 3.66. The van der Waals surface area contributed by atoms with Crippen molar-refractivity contribution in [3.63, 3.8) is 0 Å². The molecular weight excluding hydrogens is 230 g/mol. The second kappa shape index (κ2) is 4.62. The second-order valence-corrected chi connectivity index (χ2v) is 5.40. The number of nitrogens with one attached hydrogen (secondary N) is 3. The number of imidazole rings is 1. The van der Waals surface area contributed by atoms with Gasteiger partial charge in [-0.25, -0.2) is 13.4 Å². The molecule has 0 radical (unpaired) electrons. The quantitative estimate of drug-likeness (QED) is 0.418. The van der Waals surface area contributed by atoms with Gasteiger partial charge in [-0.05, 0) is 5.92 Å². The molecule has 0 bridgehead atoms. The molecule has 5 N–H and O–H groups in total. The van der Waals surface area contributed by atoms with Crippen LogP contribution < -0.4 is 10.5 Å². The van der Waals surface area contributed by atoms with Gasteiger partial charge in [0.1, 0.15) is 5.84 Å². The molecule has 1 rings (SSSR count). The summed E-state index contributed by atoms with van der Waals surface area (Å²) >= 11 is 0. The molecule has 1 aromatic heterocycles. The first-order valence-corrected chi connectivity index (χ1v) is 6.17. The van der Waals surface area contributed by atoms with E-state index in [0.717, 1.165) is 0 Å². The highest BCUT2D eigenvalue weighted by atomic mass is 32.2. The summed E-state index contributed by atoms with van der Waals surface area (Å²) in [6.07, 6.45) is 2.46. The molecule has 7 nitrogen and oxygen atoms in total. The van der Waals surface area contributed by atoms with E-state index in [9.17, 15) is 8.42 Å². The third kappa shape index (κ3) is 2.80. The normalized spacial score (nSPS) is 13.9. The number of amidine groups is 1. The maximum atomic E-state index is 11.8. The average Bonchev–Trinajstić information content (AvgIpc) is 2.66. The van der Waals surface area contributed by atoms with Crippen LogP contribution in [-0.4, -0.2) is 30.3 Å². The first-order chi connectivity index (χ1) is 7.34. The van der Waals surface area contributed by atoms with E-state index in [2.05, 4.69) is 14.7 Å². The van der Waals surface area contributed by atoms with E-state index in [4.69, 9.17) is 11.1 Å². The van der Waals surface area contributed by atoms with E-state index in [0.29, 0.717) is 0 Å². The Hall–Kier alpha value is -1.41. The fourth-order valence-electron chi connectivity index (χ4n) is 1.18. The Morgan fingerprint density at radius 1 is 1.62 bits per heavy atom. The van der Waals surface area contributed by atoms with Gasteiger partial charge in [-0.3, -0.25) is 5.41 Å². The molecule has 90 valence electrons. The van der Waals surface area contributed by atoms with E-state index < -0.39 is 16.1 Å². The predicted octanol–water partition coefficient (Wildman–Crippen LogP) is -0.351. The number of aromatic amines is 1. The standard InChI is InChI=1S/C8H15N5O2S/c1-5(2)7(8(9)10)13-16(14,15)6-3-11-4-12-6/h3-5,7,13H,1-2H3,(H3,9,10)(H,11,12). The first-order valence-electron chi connectivity index (χ1n) is 4.69. The molecule has 1 aromatic rings. The lowest BCUT2D eigenvalue weighted by Gasteiger charge is -2.20. The molecule has 0 aliphatic rings. The summed E-state index contributed by atoms with van der Waals surface area (Å²) in [5.74, 6) is -0.312. The Balaban J connectivity index is 2.92. The Labute approximate surface area is 94.0 Å². The molecule has 8 heteroatoms. The first kappa shape index (κ1) is 12.7. The van der Waals surface area contributed by atoms with Crippen molar-refractivity contribution < 1.29 is 8.42 Å². The maximum absolute atomic E-state index is 11.8. The van der Waals surface area contributed by atoms with Gasteiger partial charge in [-0.15, -0.1) is 0 Å². The second-order valence-electron chi connectivity index (χ2n) is 3.71. The monoisotopic (exact) mass is 245 g/mol. The van der Waals surface area contributed by atoms with Crippen molar-refractivity contribution in [2.45, 2.75) is 24.9 Å². The Bertz CT molecular complexity index is 451. The third-order valence-corrected chi connectivity index (χ3v) is 3.41. The van der Waals surface area contributed by atoms with Gasteiger partial charge in [0.15, 0.2) is 5.03 Å². The summed E-state index contributed by atoms with van der Waals surface area (Å²) in [5, 5.41) is 7.27. The highest BCUT2D eigenvalue weighted by molar-refractivity contribution is 7.89. The number of hydrogen-bond donors (Lipinski definition) is 4. The summed E-state index contributed by atoms with van der Waals surface area (Å²) in [6, 6.07) is -0.715. The van der Waals surface area contributed by atoms with E-state index in [1.54, 1.807) is 13.8 Å². The van der Waals surface area contributed by atoms with Crippen LogP contribution in [0.15, 0.2) is 17.6 Å². The number of H-pyrrole nitrogens is 1. The van der Waals surface area contributed by atoms with Crippen LogP contribution in [0.4, 0.5) is 0 Å². The summed E-state index contributed by atoms with van der Waals surface area (Å²) in [4.78, 5) is 6.11. The van der Waals surface area contributed by atoms with Crippen LogP contribution in [0.2, 0.25) is 0 Å². The zero-order valence-corrected chi connectivity index (χ0v) is 9.88. The molecule has 0 aliphatic heterocycles. The van der Waals surface area contributed by atoms with Crippen molar-refractivity contribution in [3.8, 4) is 0 Å². The largest absolute Gasteiger partial charge is 0.386 e. The van der Waals surface area contributed by atoms with E-state index in [1.807, 2.05) is 0 Å². The predicted molar refractivity (Wildman–Crippen MR) is 59.4 cm³/mol. The number of sulfonamides is 1. The van der Waals surface area contributed by atoms with Gasteiger partial charge >= 0.3 is 0 Å². The summed E-state index contributed by atoms with van der Waals surface area (Å²) in [7, 11) is -3.70. The van der Waals surface area contributed by atoms with Crippen LogP contribution in [0.25, 0.3) is 0 Å². The van der Waals surface area contributed by atoms with E-state index in [1.165, 1.54) is 12.5 Å². The Morgan fingerprint density at radius 2 is 2.25 bits per heavy atom. The van der Waals surface area contributed by atoms with Crippen LogP contribution in [0.3, 0.4) is 0 Å². The molecule has 0 saturated carbocycles. The minimum Gasteiger partial charge on any atom is -0.386 e. The van der Waals surface area contributed by atoms with Crippen molar-refractivity contribution in [1.82, 2.24) is 14.7 Å². The van der Waals surface area contributed by atoms with Gasteiger partial charge in [0.25, 0.3) is 10.0 Å². The van der Waals surface area contributed by atoms with Gasteiger partial charge < -0.3 is 10.7 Å². The summed E-state index contributed by atoms with van der Waals surface area (Å²) in [5.41, 5.74) is 5.33. The number of rotatable bonds is 5. The van der Waals surface area contributed by atoms with E-state index in [-0.39, 0.29) is 16.8 Å². The molecule has 0 fully saturated rings. The molecule has 16 heavy (non-hydrogen) atoms. The average molecular weight is 245 g/mol. The number of hydrogen-bond acceptors (Lipinski definition) is 4. The number of nitrogens with two attached hydrogens (primary N) is 1. The van der Waals surface area contributed by atoms with Crippen LogP contribution in [0.1, 0.15) is 13.8 Å². The minimum atomic E-state index is -3.70. The lowest BCUT2D eigenvalue weighted by atomic mass is 10.1. The molecule has 1 unspecified atom stereocenters. The van der Waals surface area contributed by atoms with Crippen molar-refractivity contribution >= 4 is 15.9 Å². The van der Waals surface area contributed by atoms with Gasteiger partial charge in [-0.1, -0.05) is 13.8 Å². The van der Waals surface area contributed by atoms with Crippen LogP contribution >= 0.6 is 0 Å². The zero-order valence-electron chi connectivity index (χ0n) is 9.06. The summed E-state index contributed by atoms with van der Waals surface area (Å²) in [6.45, 7) is 3.56. The molecule has 1 atom stereocenters. The topological polar surface area (TPSA) is 125 Å². The smallest absolute Gasteiger partial charge is 0.258 e. The van der Waals surface area contributed by atoms with Crippen molar-refractivity contribution in [2.75, 3.05) is 0 Å². The van der Waals surface area contributed by atoms with Crippen molar-refractivity contribution in [3.05, 3.63) is 12.5 Å². The van der Waals surface area contributed by atoms with Crippen molar-refractivity contribution in [1.29, 1.82) is 5.41 Å². The molecular formula is C8H15N5O2S. The molecule has 0 aliphatic carbocycles. The van der Waals surface area contributed by atoms with Gasteiger partial charge in [0.2, 0.25) is 0 Å². The molecule has 0 amide bonds.